The van der Waals surface area contributed by atoms with Gasteiger partial charge in [0.25, 0.3) is 5.56 Å². The van der Waals surface area contributed by atoms with Gasteiger partial charge in [0.05, 0.1) is 11.1 Å². The first kappa shape index (κ1) is 23.6. The average molecular weight is 496 g/mol. The molecule has 1 saturated heterocycles. The van der Waals surface area contributed by atoms with Gasteiger partial charge in [-0.25, -0.2) is 4.98 Å². The fraction of sp³-hybridized carbons (Fsp3) is 0.519. The molecule has 3 heterocycles. The molecule has 1 aliphatic carbocycles. The summed E-state index contributed by atoms with van der Waals surface area (Å²) in [7, 11) is 0. The predicted octanol–water partition coefficient (Wildman–Crippen LogP) is 5.46. The number of rotatable bonds is 6. The van der Waals surface area contributed by atoms with Crippen molar-refractivity contribution in [2.24, 2.45) is 0 Å². The van der Waals surface area contributed by atoms with E-state index in [1.54, 1.807) is 11.3 Å². The lowest BCUT2D eigenvalue weighted by Gasteiger charge is -2.39. The molecule has 180 valence electrons. The minimum Gasteiger partial charge on any atom is -0.337 e. The molecule has 2 atom stereocenters. The average Bonchev–Trinajstić information content (AvgIpc) is 3.21. The Kier molecular flexibility index (Phi) is 7.11. The number of nitrogens with zero attached hydrogens (tertiary/aromatic N) is 3. The first-order valence-corrected chi connectivity index (χ1v) is 14.4. The summed E-state index contributed by atoms with van der Waals surface area (Å²) in [6.07, 6.45) is 8.42. The molecule has 0 spiro atoms. The summed E-state index contributed by atoms with van der Waals surface area (Å²) in [5.41, 5.74) is 2.49. The minimum atomic E-state index is 0.0648. The van der Waals surface area contributed by atoms with E-state index >= 15 is 0 Å². The van der Waals surface area contributed by atoms with Crippen LogP contribution in [0.1, 0.15) is 62.0 Å². The molecule has 0 saturated carbocycles. The van der Waals surface area contributed by atoms with Crippen molar-refractivity contribution >= 4 is 39.2 Å². The zero-order valence-electron chi connectivity index (χ0n) is 20.1. The Balaban J connectivity index is 1.46. The molecule has 1 aliphatic heterocycles. The molecule has 0 N–H and O–H groups in total. The highest BCUT2D eigenvalue weighted by atomic mass is 32.2. The highest BCUT2D eigenvalue weighted by molar-refractivity contribution is 7.99. The standard InChI is InChI=1S/C27H33N3O2S2/c1-18-9-8-10-19(2)30(18)23(31)17-33-27-28-25-24(21-13-6-7-14-22(21)34-25)26(32)29(27)16-15-20-11-4-3-5-12-20/h3-5,11-12,18-19H,6-10,13-17H2,1-2H3. The van der Waals surface area contributed by atoms with Gasteiger partial charge in [-0.05, 0) is 76.3 Å². The van der Waals surface area contributed by atoms with Crippen LogP contribution in [0.2, 0.25) is 0 Å². The number of carbonyl (C=O) groups is 1. The molecule has 34 heavy (non-hydrogen) atoms. The Labute approximate surface area is 209 Å². The number of thioether (sulfide) groups is 1. The van der Waals surface area contributed by atoms with E-state index in [2.05, 4.69) is 26.0 Å². The van der Waals surface area contributed by atoms with Gasteiger partial charge in [0.2, 0.25) is 5.91 Å². The van der Waals surface area contributed by atoms with Crippen molar-refractivity contribution in [3.05, 3.63) is 56.7 Å². The molecule has 0 bridgehead atoms. The lowest BCUT2D eigenvalue weighted by atomic mass is 9.97. The van der Waals surface area contributed by atoms with Crippen LogP contribution in [0.15, 0.2) is 40.3 Å². The Morgan fingerprint density at radius 1 is 1.09 bits per heavy atom. The van der Waals surface area contributed by atoms with E-state index in [9.17, 15) is 9.59 Å². The molecule has 1 amide bonds. The van der Waals surface area contributed by atoms with Crippen LogP contribution >= 0.6 is 23.1 Å². The number of piperidine rings is 1. The summed E-state index contributed by atoms with van der Waals surface area (Å²) in [6.45, 7) is 4.87. The number of aryl methyl sites for hydroxylation is 3. The van der Waals surface area contributed by atoms with E-state index in [1.165, 1.54) is 40.6 Å². The van der Waals surface area contributed by atoms with Crippen LogP contribution in [-0.2, 0) is 30.6 Å². The van der Waals surface area contributed by atoms with Gasteiger partial charge in [-0.2, -0.15) is 0 Å². The van der Waals surface area contributed by atoms with Crippen LogP contribution in [-0.4, -0.2) is 38.2 Å². The van der Waals surface area contributed by atoms with Crippen molar-refractivity contribution in [1.82, 2.24) is 14.5 Å². The van der Waals surface area contributed by atoms with Gasteiger partial charge < -0.3 is 4.90 Å². The number of aromatic nitrogens is 2. The lowest BCUT2D eigenvalue weighted by molar-refractivity contribution is -0.134. The molecule has 5 rings (SSSR count). The molecular weight excluding hydrogens is 462 g/mol. The van der Waals surface area contributed by atoms with Crippen molar-refractivity contribution in [2.45, 2.75) is 89.0 Å². The predicted molar refractivity (Wildman–Crippen MR) is 141 cm³/mol. The van der Waals surface area contributed by atoms with Crippen LogP contribution in [0.5, 0.6) is 0 Å². The van der Waals surface area contributed by atoms with Crippen LogP contribution in [0.3, 0.4) is 0 Å². The quantitative estimate of drug-likeness (QED) is 0.337. The summed E-state index contributed by atoms with van der Waals surface area (Å²) in [5, 5.41) is 1.50. The van der Waals surface area contributed by atoms with E-state index in [0.29, 0.717) is 17.5 Å². The number of fused-ring (bicyclic) bond motifs is 3. The number of benzene rings is 1. The molecule has 2 aromatic heterocycles. The van der Waals surface area contributed by atoms with Gasteiger partial charge >= 0.3 is 0 Å². The van der Waals surface area contributed by atoms with Crippen molar-refractivity contribution in [2.75, 3.05) is 5.75 Å². The molecule has 1 aromatic carbocycles. The second kappa shape index (κ2) is 10.2. The molecule has 2 unspecified atom stereocenters. The molecule has 5 nitrogen and oxygen atoms in total. The van der Waals surface area contributed by atoms with Crippen molar-refractivity contribution in [3.63, 3.8) is 0 Å². The van der Waals surface area contributed by atoms with Gasteiger partial charge in [0, 0.05) is 23.5 Å². The summed E-state index contributed by atoms with van der Waals surface area (Å²) >= 11 is 3.11. The van der Waals surface area contributed by atoms with Gasteiger partial charge in [-0.15, -0.1) is 11.3 Å². The van der Waals surface area contributed by atoms with Gasteiger partial charge in [-0.1, -0.05) is 42.1 Å². The molecule has 3 aromatic rings. The maximum atomic E-state index is 13.8. The summed E-state index contributed by atoms with van der Waals surface area (Å²) < 4.78 is 1.83. The highest BCUT2D eigenvalue weighted by Crippen LogP contribution is 2.35. The number of hydrogen-bond acceptors (Lipinski definition) is 5. The number of hydrogen-bond donors (Lipinski definition) is 0. The Morgan fingerprint density at radius 3 is 2.59 bits per heavy atom. The van der Waals surface area contributed by atoms with Crippen molar-refractivity contribution in [3.8, 4) is 0 Å². The van der Waals surface area contributed by atoms with Crippen LogP contribution in [0.4, 0.5) is 0 Å². The Bertz CT molecular complexity index is 1220. The number of carbonyl (C=O) groups excluding carboxylic acids is 1. The third kappa shape index (κ3) is 4.69. The zero-order valence-corrected chi connectivity index (χ0v) is 21.7. The maximum Gasteiger partial charge on any atom is 0.263 e. The molecule has 0 radical (unpaired) electrons. The largest absolute Gasteiger partial charge is 0.337 e. The van der Waals surface area contributed by atoms with Crippen LogP contribution < -0.4 is 5.56 Å². The highest BCUT2D eigenvalue weighted by Gasteiger charge is 2.29. The molecule has 1 fully saturated rings. The van der Waals surface area contributed by atoms with E-state index in [1.807, 2.05) is 27.7 Å². The maximum absolute atomic E-state index is 13.8. The van der Waals surface area contributed by atoms with Gasteiger partial charge in [0.15, 0.2) is 5.16 Å². The minimum absolute atomic E-state index is 0.0648. The third-order valence-corrected chi connectivity index (χ3v) is 9.46. The fourth-order valence-electron chi connectivity index (χ4n) is 5.53. The summed E-state index contributed by atoms with van der Waals surface area (Å²) in [4.78, 5) is 36.2. The Hall–Kier alpha value is -2.12. The lowest BCUT2D eigenvalue weighted by Crippen LogP contribution is -2.48. The first-order valence-electron chi connectivity index (χ1n) is 12.6. The Morgan fingerprint density at radius 2 is 1.82 bits per heavy atom. The SMILES string of the molecule is CC1CCCC(C)N1C(=O)CSc1nc2sc3c(c2c(=O)n1CCc1ccccc1)CCCC3. The fourth-order valence-corrected chi connectivity index (χ4v) is 7.72. The second-order valence-corrected chi connectivity index (χ2v) is 11.7. The van der Waals surface area contributed by atoms with Crippen LogP contribution in [0.25, 0.3) is 10.2 Å². The normalized spacial score (nSPS) is 20.5. The van der Waals surface area contributed by atoms with E-state index in [-0.39, 0.29) is 23.6 Å². The molecular formula is C27H33N3O2S2. The second-order valence-electron chi connectivity index (χ2n) is 9.70. The van der Waals surface area contributed by atoms with Gasteiger partial charge in [-0.3, -0.25) is 14.2 Å². The smallest absolute Gasteiger partial charge is 0.263 e. The molecule has 7 heteroatoms. The number of likely N-dealkylation sites (tertiary alicyclic amines) is 1. The molecule has 2 aliphatic rings. The summed E-state index contributed by atoms with van der Waals surface area (Å²) in [6, 6.07) is 10.8. The van der Waals surface area contributed by atoms with Gasteiger partial charge in [0.1, 0.15) is 4.83 Å². The van der Waals surface area contributed by atoms with E-state index in [4.69, 9.17) is 4.98 Å². The number of amides is 1. The van der Waals surface area contributed by atoms with E-state index in [0.717, 1.165) is 48.7 Å². The van der Waals surface area contributed by atoms with Crippen LogP contribution in [0, 0.1) is 0 Å². The number of thiophene rings is 1. The monoisotopic (exact) mass is 495 g/mol. The van der Waals surface area contributed by atoms with Crippen molar-refractivity contribution in [1.29, 1.82) is 0 Å². The summed E-state index contributed by atoms with van der Waals surface area (Å²) in [5.74, 6) is 0.474. The first-order chi connectivity index (χ1) is 16.5. The third-order valence-electron chi connectivity index (χ3n) is 7.31. The van der Waals surface area contributed by atoms with Crippen molar-refractivity contribution < 1.29 is 4.79 Å². The topological polar surface area (TPSA) is 55.2 Å². The van der Waals surface area contributed by atoms with E-state index < -0.39 is 0 Å². The zero-order chi connectivity index (χ0) is 23.7.